The second kappa shape index (κ2) is 3.73. The van der Waals surface area contributed by atoms with Gasteiger partial charge in [-0.05, 0) is 32.2 Å². The van der Waals surface area contributed by atoms with Crippen LogP contribution >= 0.6 is 49.9 Å². The molecule has 1 rings (SSSR count). The van der Waals surface area contributed by atoms with Crippen LogP contribution in [0.4, 0.5) is 0 Å². The quantitative estimate of drug-likeness (QED) is 0.689. The molecule has 0 saturated heterocycles. The number of thiophene rings is 1. The van der Waals surface area contributed by atoms with E-state index < -0.39 is 0 Å². The Morgan fingerprint density at radius 3 is 2.89 bits per heavy atom. The van der Waals surface area contributed by atoms with Gasteiger partial charge in [0.25, 0.3) is 0 Å². The predicted molar refractivity (Wildman–Crippen MR) is 55.1 cm³/mol. The van der Waals surface area contributed by atoms with Gasteiger partial charge in [0.1, 0.15) is 0 Å². The van der Waals surface area contributed by atoms with Crippen LogP contribution in [0.25, 0.3) is 6.08 Å². The number of rotatable bonds is 1. The second-order valence-electron chi connectivity index (χ2n) is 1.46. The SMILES string of the molecule is Brc1csc(C=CI)c1. The average Bonchev–Trinajstić information content (AvgIpc) is 2.17. The third kappa shape index (κ3) is 2.39. The maximum atomic E-state index is 3.38. The topological polar surface area (TPSA) is 0 Å². The van der Waals surface area contributed by atoms with Crippen molar-refractivity contribution in [1.29, 1.82) is 0 Å². The van der Waals surface area contributed by atoms with Gasteiger partial charge in [0.15, 0.2) is 0 Å². The summed E-state index contributed by atoms with van der Waals surface area (Å²) in [5.41, 5.74) is 0. The van der Waals surface area contributed by atoms with Gasteiger partial charge in [-0.15, -0.1) is 11.3 Å². The van der Waals surface area contributed by atoms with Crippen LogP contribution in [0.3, 0.4) is 0 Å². The van der Waals surface area contributed by atoms with Crippen molar-refractivity contribution < 1.29 is 0 Å². The van der Waals surface area contributed by atoms with Crippen LogP contribution in [0.2, 0.25) is 0 Å². The zero-order chi connectivity index (χ0) is 6.69. The molecule has 0 amide bonds. The lowest BCUT2D eigenvalue weighted by Crippen LogP contribution is -1.50. The lowest BCUT2D eigenvalue weighted by atomic mass is 10.5. The van der Waals surface area contributed by atoms with Gasteiger partial charge in [-0.1, -0.05) is 22.6 Å². The molecule has 3 heteroatoms. The van der Waals surface area contributed by atoms with Gasteiger partial charge in [0.2, 0.25) is 0 Å². The van der Waals surface area contributed by atoms with E-state index in [9.17, 15) is 0 Å². The van der Waals surface area contributed by atoms with Crippen LogP contribution in [0.5, 0.6) is 0 Å². The van der Waals surface area contributed by atoms with E-state index in [4.69, 9.17) is 0 Å². The summed E-state index contributed by atoms with van der Waals surface area (Å²) < 4.78 is 3.17. The first kappa shape index (κ1) is 7.75. The third-order valence-electron chi connectivity index (χ3n) is 0.815. The highest BCUT2D eigenvalue weighted by atomic mass is 127. The lowest BCUT2D eigenvalue weighted by molar-refractivity contribution is 1.86. The van der Waals surface area contributed by atoms with Crippen molar-refractivity contribution in [3.63, 3.8) is 0 Å². The van der Waals surface area contributed by atoms with Crippen LogP contribution in [0, 0.1) is 0 Å². The Labute approximate surface area is 80.2 Å². The lowest BCUT2D eigenvalue weighted by Gasteiger charge is -1.75. The molecule has 0 aromatic carbocycles. The summed E-state index contributed by atoms with van der Waals surface area (Å²) in [7, 11) is 0. The summed E-state index contributed by atoms with van der Waals surface area (Å²) in [4.78, 5) is 1.29. The summed E-state index contributed by atoms with van der Waals surface area (Å²) in [6, 6.07) is 2.10. The van der Waals surface area contributed by atoms with Gasteiger partial charge in [-0.25, -0.2) is 0 Å². The van der Waals surface area contributed by atoms with Crippen molar-refractivity contribution in [2.24, 2.45) is 0 Å². The van der Waals surface area contributed by atoms with Crippen LogP contribution in [0.15, 0.2) is 20.0 Å². The number of hydrogen-bond acceptors (Lipinski definition) is 1. The molecule has 48 valence electrons. The van der Waals surface area contributed by atoms with Gasteiger partial charge in [0, 0.05) is 14.7 Å². The minimum atomic E-state index is 1.16. The van der Waals surface area contributed by atoms with Crippen LogP contribution in [0.1, 0.15) is 4.88 Å². The first-order chi connectivity index (χ1) is 4.33. The van der Waals surface area contributed by atoms with Gasteiger partial charge in [-0.2, -0.15) is 0 Å². The maximum Gasteiger partial charge on any atom is 0.0288 e. The number of hydrogen-bond donors (Lipinski definition) is 0. The van der Waals surface area contributed by atoms with E-state index in [1.54, 1.807) is 11.3 Å². The predicted octanol–water partition coefficient (Wildman–Crippen LogP) is 3.92. The Balaban J connectivity index is 2.85. The van der Waals surface area contributed by atoms with Crippen LogP contribution in [-0.2, 0) is 0 Å². The standard InChI is InChI=1S/C6H4BrIS/c7-5-3-6(1-2-8)9-4-5/h1-4H. The van der Waals surface area contributed by atoms with E-state index >= 15 is 0 Å². The van der Waals surface area contributed by atoms with Crippen molar-refractivity contribution in [1.82, 2.24) is 0 Å². The number of halogens is 2. The minimum absolute atomic E-state index is 1.16. The molecular weight excluding hydrogens is 311 g/mol. The fraction of sp³-hybridized carbons (Fsp3) is 0. The summed E-state index contributed by atoms with van der Waals surface area (Å²) in [5.74, 6) is 0. The first-order valence-corrected chi connectivity index (χ1v) is 5.25. The molecule has 0 bridgehead atoms. The molecule has 0 aliphatic carbocycles. The van der Waals surface area contributed by atoms with Gasteiger partial charge < -0.3 is 0 Å². The molecule has 0 saturated carbocycles. The normalized spacial score (nSPS) is 10.9. The summed E-state index contributed by atoms with van der Waals surface area (Å²) in [5, 5.41) is 2.08. The van der Waals surface area contributed by atoms with Crippen molar-refractivity contribution in [2.75, 3.05) is 0 Å². The van der Waals surface area contributed by atoms with Crippen LogP contribution < -0.4 is 0 Å². The molecule has 1 heterocycles. The molecule has 0 spiro atoms. The zero-order valence-corrected chi connectivity index (χ0v) is 9.03. The molecule has 1 aromatic heterocycles. The molecule has 0 atom stereocenters. The Morgan fingerprint density at radius 2 is 2.44 bits per heavy atom. The molecule has 0 radical (unpaired) electrons. The van der Waals surface area contributed by atoms with Crippen molar-refractivity contribution in [3.05, 3.63) is 24.9 Å². The first-order valence-electron chi connectivity index (χ1n) is 2.34. The van der Waals surface area contributed by atoms with Crippen molar-refractivity contribution in [2.45, 2.75) is 0 Å². The molecule has 0 aliphatic rings. The molecule has 0 aliphatic heterocycles. The van der Waals surface area contributed by atoms with E-state index in [0.717, 1.165) is 4.47 Å². The highest BCUT2D eigenvalue weighted by molar-refractivity contribution is 14.1. The van der Waals surface area contributed by atoms with Crippen molar-refractivity contribution in [3.8, 4) is 0 Å². The molecule has 0 unspecified atom stereocenters. The van der Waals surface area contributed by atoms with Crippen LogP contribution in [-0.4, -0.2) is 0 Å². The monoisotopic (exact) mass is 314 g/mol. The third-order valence-corrected chi connectivity index (χ3v) is 2.83. The molecular formula is C6H4BrIS. The molecule has 9 heavy (non-hydrogen) atoms. The fourth-order valence-electron chi connectivity index (χ4n) is 0.478. The minimum Gasteiger partial charge on any atom is -0.143 e. The smallest absolute Gasteiger partial charge is 0.0288 e. The fourth-order valence-corrected chi connectivity index (χ4v) is 2.45. The highest BCUT2D eigenvalue weighted by Gasteiger charge is 1.89. The highest BCUT2D eigenvalue weighted by Crippen LogP contribution is 2.20. The van der Waals surface area contributed by atoms with E-state index in [0.29, 0.717) is 0 Å². The van der Waals surface area contributed by atoms with Crippen molar-refractivity contribution >= 4 is 55.9 Å². The van der Waals surface area contributed by atoms with E-state index in [-0.39, 0.29) is 0 Å². The largest absolute Gasteiger partial charge is 0.143 e. The Kier molecular flexibility index (Phi) is 3.21. The van der Waals surface area contributed by atoms with E-state index in [2.05, 4.69) is 56.0 Å². The van der Waals surface area contributed by atoms with Gasteiger partial charge >= 0.3 is 0 Å². The maximum absolute atomic E-state index is 3.38. The Bertz CT molecular complexity index is 217. The molecule has 0 N–H and O–H groups in total. The molecule has 1 aromatic rings. The molecule has 0 nitrogen and oxygen atoms in total. The average molecular weight is 315 g/mol. The zero-order valence-electron chi connectivity index (χ0n) is 4.47. The van der Waals surface area contributed by atoms with E-state index in [1.165, 1.54) is 4.88 Å². The Hall–Kier alpha value is 0.650. The Morgan fingerprint density at radius 1 is 1.67 bits per heavy atom. The summed E-state index contributed by atoms with van der Waals surface area (Å²) in [6.07, 6.45) is 2.08. The summed E-state index contributed by atoms with van der Waals surface area (Å²) >= 11 is 7.32. The van der Waals surface area contributed by atoms with Gasteiger partial charge in [0.05, 0.1) is 0 Å². The second-order valence-corrected chi connectivity index (χ2v) is 4.04. The summed E-state index contributed by atoms with van der Waals surface area (Å²) in [6.45, 7) is 0. The molecule has 0 fully saturated rings. The van der Waals surface area contributed by atoms with E-state index in [1.807, 2.05) is 4.08 Å². The van der Waals surface area contributed by atoms with Gasteiger partial charge in [-0.3, -0.25) is 0 Å².